The van der Waals surface area contributed by atoms with Crippen molar-refractivity contribution in [2.45, 2.75) is 114 Å². The summed E-state index contributed by atoms with van der Waals surface area (Å²) in [5, 5.41) is 6.25. The molecular formula is C44H55N5O9S. The zero-order chi connectivity index (χ0) is 42.5. The lowest BCUT2D eigenvalue weighted by Crippen LogP contribution is -2.59. The van der Waals surface area contributed by atoms with E-state index in [2.05, 4.69) is 21.9 Å². The van der Waals surface area contributed by atoms with Gasteiger partial charge >= 0.3 is 6.09 Å². The van der Waals surface area contributed by atoms with Crippen LogP contribution in [0.2, 0.25) is 0 Å². The van der Waals surface area contributed by atoms with Crippen LogP contribution in [0.15, 0.2) is 67.3 Å². The van der Waals surface area contributed by atoms with E-state index in [-0.39, 0.29) is 19.4 Å². The summed E-state index contributed by atoms with van der Waals surface area (Å²) in [5.74, 6) is -1.55. The van der Waals surface area contributed by atoms with E-state index in [0.717, 1.165) is 18.4 Å². The lowest BCUT2D eigenvalue weighted by Gasteiger charge is -2.31. The highest BCUT2D eigenvalue weighted by atomic mass is 32.2. The van der Waals surface area contributed by atoms with Crippen LogP contribution in [0.1, 0.15) is 79.6 Å². The van der Waals surface area contributed by atoms with E-state index in [1.165, 1.54) is 11.0 Å². The monoisotopic (exact) mass is 829 g/mol. The number of carbonyl (C=O) groups excluding carboxylic acids is 4. The molecule has 0 radical (unpaired) electrons. The molecule has 15 heteroatoms. The Kier molecular flexibility index (Phi) is 11.2. The van der Waals surface area contributed by atoms with Gasteiger partial charge in [0.25, 0.3) is 5.91 Å². The topological polar surface area (TPSA) is 182 Å². The number of nitrogens with zero attached hydrogens (tertiary/aromatic N) is 2. The molecule has 2 heterocycles. The van der Waals surface area contributed by atoms with E-state index in [1.807, 2.05) is 42.5 Å². The lowest BCUT2D eigenvalue weighted by molar-refractivity contribution is -0.141. The van der Waals surface area contributed by atoms with Gasteiger partial charge in [-0.05, 0) is 70.4 Å². The maximum atomic E-state index is 14.6. The fourth-order valence-electron chi connectivity index (χ4n) is 8.07. The third-order valence-corrected chi connectivity index (χ3v) is 14.0. The summed E-state index contributed by atoms with van der Waals surface area (Å²) in [6, 6.07) is 14.6. The molecule has 3 aliphatic carbocycles. The number of ether oxygens (including phenoxy) is 3. The number of aromatic nitrogens is 1. The highest BCUT2D eigenvalue weighted by Gasteiger charge is 2.64. The van der Waals surface area contributed by atoms with Gasteiger partial charge in [0.2, 0.25) is 21.8 Å². The average molecular weight is 830 g/mol. The van der Waals surface area contributed by atoms with Crippen molar-refractivity contribution >= 4 is 44.7 Å². The lowest BCUT2D eigenvalue weighted by atomic mass is 10.0. The van der Waals surface area contributed by atoms with Crippen molar-refractivity contribution in [2.24, 2.45) is 17.8 Å². The average Bonchev–Trinajstić information content (AvgIpc) is 4.13. The van der Waals surface area contributed by atoms with E-state index >= 15 is 0 Å². The van der Waals surface area contributed by atoms with Crippen LogP contribution in [0, 0.1) is 17.8 Å². The Morgan fingerprint density at radius 2 is 1.76 bits per heavy atom. The van der Waals surface area contributed by atoms with Crippen LogP contribution in [0.5, 0.6) is 11.5 Å². The van der Waals surface area contributed by atoms with Crippen LogP contribution < -0.4 is 24.8 Å². The van der Waals surface area contributed by atoms with E-state index < -0.39 is 79.7 Å². The van der Waals surface area contributed by atoms with Crippen LogP contribution in [0.3, 0.4) is 0 Å². The molecule has 7 rings (SSSR count). The van der Waals surface area contributed by atoms with Crippen LogP contribution in [-0.4, -0.2) is 89.8 Å². The molecule has 1 aromatic heterocycles. The summed E-state index contributed by atoms with van der Waals surface area (Å²) in [4.78, 5) is 62.4. The number of hydrogen-bond acceptors (Lipinski definition) is 10. The van der Waals surface area contributed by atoms with Crippen LogP contribution >= 0.6 is 0 Å². The van der Waals surface area contributed by atoms with E-state index in [0.29, 0.717) is 53.3 Å². The molecular weight excluding hydrogens is 775 g/mol. The third-order valence-electron chi connectivity index (χ3n) is 11.8. The first-order chi connectivity index (χ1) is 27.9. The Balaban J connectivity index is 1.19. The zero-order valence-electron chi connectivity index (χ0n) is 34.6. The maximum Gasteiger partial charge on any atom is 0.408 e. The molecule has 0 spiro atoms. The van der Waals surface area contributed by atoms with Crippen molar-refractivity contribution in [3.8, 4) is 22.8 Å². The predicted octanol–water partition coefficient (Wildman–Crippen LogP) is 5.65. The van der Waals surface area contributed by atoms with Gasteiger partial charge in [0.15, 0.2) is 0 Å². The Labute approximate surface area is 345 Å². The minimum Gasteiger partial charge on any atom is -0.497 e. The number of alkyl carbamates (subject to hydrolysis) is 1. The molecule has 316 valence electrons. The molecule has 14 nitrogen and oxygen atoms in total. The summed E-state index contributed by atoms with van der Waals surface area (Å²) in [6.07, 6.45) is 3.63. The largest absolute Gasteiger partial charge is 0.497 e. The number of fused-ring (bicyclic) bond motifs is 1. The molecule has 4 amide bonds. The number of amides is 4. The Hall–Kier alpha value is -5.18. The Bertz CT molecular complexity index is 2250. The van der Waals surface area contributed by atoms with Gasteiger partial charge in [0.05, 0.1) is 29.6 Å². The number of likely N-dealkylation sites (tertiary alicyclic amines) is 1. The minimum absolute atomic E-state index is 0.0225. The molecule has 59 heavy (non-hydrogen) atoms. The van der Waals surface area contributed by atoms with Crippen molar-refractivity contribution in [1.82, 2.24) is 25.2 Å². The summed E-state index contributed by atoms with van der Waals surface area (Å²) < 4.78 is 46.3. The van der Waals surface area contributed by atoms with Gasteiger partial charge < -0.3 is 29.7 Å². The van der Waals surface area contributed by atoms with Gasteiger partial charge in [0.1, 0.15) is 40.8 Å². The molecule has 3 N–H and O–H groups in total. The first-order valence-corrected chi connectivity index (χ1v) is 21.9. The second kappa shape index (κ2) is 15.8. The molecule has 3 saturated carbocycles. The fraction of sp³-hybridized carbons (Fsp3) is 0.523. The smallest absolute Gasteiger partial charge is 0.408 e. The standard InChI is InChI=1S/C44H55N5O9S/c1-8-29-24-44(29,40(52)48-59(54,55)43(18-19-43)23-27-14-15-27)47-38(50)35-21-31(25-49(35)39(51)37(26(2)3)46-41(53)58-42(4,5)6)57-36-22-33(28-12-10-9-11-13-28)45-34-20-30(56-7)16-17-32(34)36/h8-13,16-17,20,22,26-27,29,31,35,37H,1,14-15,18-19,21,23-25H2,2-7H3,(H,46,53)(H,47,50)(H,48,52)/t29-,31+,35-,37-,44?/m0/s1. The highest BCUT2D eigenvalue weighted by Crippen LogP contribution is 2.53. The SMILES string of the molecule is C=C[C@H]1CC1(NC(=O)[C@@H]1C[C@@H](Oc2cc(-c3ccccc3)nc3cc(OC)ccc23)CN1C(=O)[C@@H](NC(=O)OC(C)(C)C)C(C)C)C(=O)NS(=O)(=O)C1(CC2CC2)CC1. The Morgan fingerprint density at radius 1 is 1.05 bits per heavy atom. The van der Waals surface area contributed by atoms with Gasteiger partial charge in [0, 0.05) is 35.4 Å². The molecule has 0 bridgehead atoms. The number of nitrogens with one attached hydrogen (secondary N) is 3. The van der Waals surface area contributed by atoms with E-state index in [1.54, 1.807) is 53.9 Å². The normalized spacial score (nSPS) is 23.8. The predicted molar refractivity (Wildman–Crippen MR) is 222 cm³/mol. The fourth-order valence-corrected chi connectivity index (χ4v) is 9.80. The first-order valence-electron chi connectivity index (χ1n) is 20.4. The van der Waals surface area contributed by atoms with Crippen LogP contribution in [-0.2, 0) is 29.1 Å². The molecule has 1 aliphatic heterocycles. The number of methoxy groups -OCH3 is 1. The number of sulfonamides is 1. The Morgan fingerprint density at radius 3 is 2.36 bits per heavy atom. The van der Waals surface area contributed by atoms with Gasteiger partial charge in [-0.15, -0.1) is 6.58 Å². The molecule has 5 atom stereocenters. The van der Waals surface area contributed by atoms with Gasteiger partial charge in [-0.2, -0.15) is 0 Å². The molecule has 3 aromatic rings. The number of carbonyl (C=O) groups is 4. The van der Waals surface area contributed by atoms with Gasteiger partial charge in [-0.1, -0.05) is 63.1 Å². The quantitative estimate of drug-likeness (QED) is 0.162. The number of pyridine rings is 1. The van der Waals surface area contributed by atoms with Crippen molar-refractivity contribution < 1.29 is 41.8 Å². The number of rotatable bonds is 15. The third kappa shape index (κ3) is 8.90. The van der Waals surface area contributed by atoms with E-state index in [9.17, 15) is 27.6 Å². The molecule has 1 unspecified atom stereocenters. The van der Waals surface area contributed by atoms with Crippen molar-refractivity contribution in [2.75, 3.05) is 13.7 Å². The summed E-state index contributed by atoms with van der Waals surface area (Å²) in [7, 11) is -2.46. The highest BCUT2D eigenvalue weighted by molar-refractivity contribution is 7.91. The second-order valence-electron chi connectivity index (χ2n) is 17.9. The first kappa shape index (κ1) is 42.0. The minimum atomic E-state index is -4.03. The summed E-state index contributed by atoms with van der Waals surface area (Å²) >= 11 is 0. The molecule has 1 saturated heterocycles. The zero-order valence-corrected chi connectivity index (χ0v) is 35.4. The number of hydrogen-bond donors (Lipinski definition) is 3. The summed E-state index contributed by atoms with van der Waals surface area (Å²) in [6.45, 7) is 12.5. The van der Waals surface area contributed by atoms with Crippen molar-refractivity contribution in [3.63, 3.8) is 0 Å². The molecule has 4 aliphatic rings. The molecule has 4 fully saturated rings. The van der Waals surface area contributed by atoms with Crippen LogP contribution in [0.4, 0.5) is 4.79 Å². The van der Waals surface area contributed by atoms with Crippen molar-refractivity contribution in [1.29, 1.82) is 0 Å². The van der Waals surface area contributed by atoms with Crippen LogP contribution in [0.25, 0.3) is 22.2 Å². The van der Waals surface area contributed by atoms with Gasteiger partial charge in [-0.25, -0.2) is 18.2 Å². The van der Waals surface area contributed by atoms with Gasteiger partial charge in [-0.3, -0.25) is 19.1 Å². The van der Waals surface area contributed by atoms with Crippen molar-refractivity contribution in [3.05, 3.63) is 67.3 Å². The van der Waals surface area contributed by atoms with E-state index in [4.69, 9.17) is 19.2 Å². The molecule has 2 aromatic carbocycles. The summed E-state index contributed by atoms with van der Waals surface area (Å²) in [5.41, 5.74) is -0.306. The maximum absolute atomic E-state index is 14.6. The second-order valence-corrected chi connectivity index (χ2v) is 20.0. The number of benzene rings is 2.